The Morgan fingerprint density at radius 1 is 1.13 bits per heavy atom. The summed E-state index contributed by atoms with van der Waals surface area (Å²) in [7, 11) is 0. The molecule has 3 rings (SSSR count). The quantitative estimate of drug-likeness (QED) is 0.598. The van der Waals surface area contributed by atoms with Crippen molar-refractivity contribution in [3.05, 3.63) is 35.4 Å². The second-order valence-electron chi connectivity index (χ2n) is 3.66. The number of rotatable bonds is 0. The van der Waals surface area contributed by atoms with E-state index in [4.69, 9.17) is 9.47 Å². The first-order chi connectivity index (χ1) is 7.21. The van der Waals surface area contributed by atoms with Crippen LogP contribution in [0.2, 0.25) is 0 Å². The Morgan fingerprint density at radius 2 is 1.93 bits per heavy atom. The molecule has 0 unspecified atom stereocenters. The molecule has 2 aliphatic heterocycles. The lowest BCUT2D eigenvalue weighted by Crippen LogP contribution is -2.25. The predicted molar refractivity (Wildman–Crippen MR) is 48.9 cm³/mol. The summed E-state index contributed by atoms with van der Waals surface area (Å²) in [5.74, 6) is -1.87. The van der Waals surface area contributed by atoms with Crippen molar-refractivity contribution in [3.8, 4) is 0 Å². The molecule has 15 heavy (non-hydrogen) atoms. The first-order valence-corrected chi connectivity index (χ1v) is 4.76. The third-order valence-electron chi connectivity index (χ3n) is 2.75. The monoisotopic (exact) mass is 204 g/mol. The number of carbonyl (C=O) groups excluding carboxylic acids is 2. The summed E-state index contributed by atoms with van der Waals surface area (Å²) in [6.45, 7) is 0. The van der Waals surface area contributed by atoms with Crippen LogP contribution in [0.4, 0.5) is 0 Å². The maximum atomic E-state index is 11.5. The van der Waals surface area contributed by atoms with Gasteiger partial charge in [0.2, 0.25) is 0 Å². The number of hydrogen-bond acceptors (Lipinski definition) is 4. The van der Waals surface area contributed by atoms with Crippen LogP contribution in [0.3, 0.4) is 0 Å². The van der Waals surface area contributed by atoms with Crippen LogP contribution in [0.25, 0.3) is 0 Å². The summed E-state index contributed by atoms with van der Waals surface area (Å²) in [4.78, 5) is 22.6. The highest BCUT2D eigenvalue weighted by atomic mass is 16.7. The molecule has 4 heteroatoms. The first kappa shape index (κ1) is 8.47. The fourth-order valence-electron chi connectivity index (χ4n) is 2.07. The average Bonchev–Trinajstić information content (AvgIpc) is 2.72. The van der Waals surface area contributed by atoms with Gasteiger partial charge >= 0.3 is 11.9 Å². The lowest BCUT2D eigenvalue weighted by molar-refractivity contribution is -0.188. The van der Waals surface area contributed by atoms with E-state index in [-0.39, 0.29) is 5.97 Å². The zero-order chi connectivity index (χ0) is 10.5. The summed E-state index contributed by atoms with van der Waals surface area (Å²) in [6, 6.07) is 7.00. The fraction of sp³-hybridized carbons (Fsp3) is 0.273. The Bertz CT molecular complexity index is 465. The van der Waals surface area contributed by atoms with E-state index >= 15 is 0 Å². The molecule has 0 amide bonds. The van der Waals surface area contributed by atoms with Crippen LogP contribution in [-0.4, -0.2) is 11.9 Å². The van der Waals surface area contributed by atoms with Gasteiger partial charge in [-0.15, -0.1) is 0 Å². The molecule has 76 valence electrons. The normalized spacial score (nSPS) is 27.7. The van der Waals surface area contributed by atoms with Gasteiger partial charge in [-0.1, -0.05) is 18.2 Å². The molecule has 0 bridgehead atoms. The van der Waals surface area contributed by atoms with Crippen LogP contribution >= 0.6 is 0 Å². The SMILES string of the molecule is O=C1CC[C@]2(O1)OC(=O)c1ccccc12. The van der Waals surface area contributed by atoms with Crippen molar-refractivity contribution in [2.45, 2.75) is 18.6 Å². The Labute approximate surface area is 85.8 Å². The number of fused-ring (bicyclic) bond motifs is 2. The van der Waals surface area contributed by atoms with E-state index in [0.717, 1.165) is 0 Å². The highest BCUT2D eigenvalue weighted by Gasteiger charge is 2.52. The van der Waals surface area contributed by atoms with E-state index in [1.165, 1.54) is 0 Å². The molecule has 1 fully saturated rings. The smallest absolute Gasteiger partial charge is 0.342 e. The molecule has 0 aromatic heterocycles. The number of ether oxygens (including phenoxy) is 2. The van der Waals surface area contributed by atoms with Gasteiger partial charge in [0, 0.05) is 6.42 Å². The van der Waals surface area contributed by atoms with Gasteiger partial charge in [0.1, 0.15) is 0 Å². The molecule has 0 aliphatic carbocycles. The zero-order valence-electron chi connectivity index (χ0n) is 7.86. The minimum absolute atomic E-state index is 0.293. The number of hydrogen-bond donors (Lipinski definition) is 0. The third kappa shape index (κ3) is 1.02. The molecule has 1 atom stereocenters. The maximum Gasteiger partial charge on any atom is 0.342 e. The second kappa shape index (κ2) is 2.59. The Morgan fingerprint density at radius 3 is 2.67 bits per heavy atom. The molecule has 1 aromatic carbocycles. The molecule has 1 aromatic rings. The van der Waals surface area contributed by atoms with Crippen LogP contribution in [0.1, 0.15) is 28.8 Å². The van der Waals surface area contributed by atoms with Gasteiger partial charge in [-0.05, 0) is 6.07 Å². The third-order valence-corrected chi connectivity index (χ3v) is 2.75. The molecule has 2 aliphatic rings. The minimum atomic E-state index is -1.13. The summed E-state index contributed by atoms with van der Waals surface area (Å²) < 4.78 is 10.3. The van der Waals surface area contributed by atoms with Gasteiger partial charge in [-0.2, -0.15) is 0 Å². The molecule has 1 spiro atoms. The lowest BCUT2D eigenvalue weighted by Gasteiger charge is -2.20. The van der Waals surface area contributed by atoms with Crippen LogP contribution in [-0.2, 0) is 20.1 Å². The number of esters is 2. The highest BCUT2D eigenvalue weighted by molar-refractivity contribution is 5.95. The van der Waals surface area contributed by atoms with Gasteiger partial charge in [0.25, 0.3) is 5.79 Å². The summed E-state index contributed by atoms with van der Waals surface area (Å²) in [5, 5.41) is 0. The van der Waals surface area contributed by atoms with Crippen LogP contribution < -0.4 is 0 Å². The lowest BCUT2D eigenvalue weighted by atomic mass is 10.0. The standard InChI is InChI=1S/C11H8O4/c12-9-5-6-11(14-9)8-4-2-1-3-7(8)10(13)15-11/h1-4H,5-6H2/t11-/m0/s1. The van der Waals surface area contributed by atoms with Crippen LogP contribution in [0, 0.1) is 0 Å². The predicted octanol–water partition coefficient (Wildman–Crippen LogP) is 1.35. The molecule has 0 radical (unpaired) electrons. The van der Waals surface area contributed by atoms with E-state index < -0.39 is 11.8 Å². The van der Waals surface area contributed by atoms with E-state index in [0.29, 0.717) is 24.0 Å². The van der Waals surface area contributed by atoms with Crippen molar-refractivity contribution in [1.29, 1.82) is 0 Å². The summed E-state index contributed by atoms with van der Waals surface area (Å²) >= 11 is 0. The number of benzene rings is 1. The van der Waals surface area contributed by atoms with Crippen molar-refractivity contribution in [1.82, 2.24) is 0 Å². The highest BCUT2D eigenvalue weighted by Crippen LogP contribution is 2.44. The van der Waals surface area contributed by atoms with Gasteiger partial charge in [0.05, 0.1) is 17.5 Å². The van der Waals surface area contributed by atoms with Crippen molar-refractivity contribution < 1.29 is 19.1 Å². The Kier molecular flexibility index (Phi) is 1.46. The molecule has 2 heterocycles. The second-order valence-corrected chi connectivity index (χ2v) is 3.66. The minimum Gasteiger partial charge on any atom is -0.418 e. The topological polar surface area (TPSA) is 52.6 Å². The summed E-state index contributed by atoms with van der Waals surface area (Å²) in [6.07, 6.45) is 0.705. The van der Waals surface area contributed by atoms with E-state index in [1.807, 2.05) is 0 Å². The molecule has 0 N–H and O–H groups in total. The maximum absolute atomic E-state index is 11.5. The molecular formula is C11H8O4. The van der Waals surface area contributed by atoms with Gasteiger partial charge in [-0.3, -0.25) is 4.79 Å². The zero-order valence-corrected chi connectivity index (χ0v) is 7.86. The Balaban J connectivity index is 2.16. The molecular weight excluding hydrogens is 196 g/mol. The fourth-order valence-corrected chi connectivity index (χ4v) is 2.07. The summed E-state index contributed by atoms with van der Waals surface area (Å²) in [5.41, 5.74) is 1.16. The van der Waals surface area contributed by atoms with Crippen molar-refractivity contribution in [2.75, 3.05) is 0 Å². The average molecular weight is 204 g/mol. The molecule has 0 saturated carbocycles. The molecule has 4 nitrogen and oxygen atoms in total. The van der Waals surface area contributed by atoms with Gasteiger partial charge in [0.15, 0.2) is 0 Å². The van der Waals surface area contributed by atoms with Crippen molar-refractivity contribution in [3.63, 3.8) is 0 Å². The molecule has 1 saturated heterocycles. The van der Waals surface area contributed by atoms with Crippen molar-refractivity contribution in [2.24, 2.45) is 0 Å². The van der Waals surface area contributed by atoms with Gasteiger partial charge < -0.3 is 9.47 Å². The van der Waals surface area contributed by atoms with E-state index in [2.05, 4.69) is 0 Å². The number of carbonyl (C=O) groups is 2. The van der Waals surface area contributed by atoms with Crippen LogP contribution in [0.15, 0.2) is 24.3 Å². The van der Waals surface area contributed by atoms with E-state index in [1.54, 1.807) is 24.3 Å². The van der Waals surface area contributed by atoms with Crippen LogP contribution in [0.5, 0.6) is 0 Å². The van der Waals surface area contributed by atoms with E-state index in [9.17, 15) is 9.59 Å². The largest absolute Gasteiger partial charge is 0.418 e. The first-order valence-electron chi connectivity index (χ1n) is 4.76. The van der Waals surface area contributed by atoms with Crippen molar-refractivity contribution >= 4 is 11.9 Å². The van der Waals surface area contributed by atoms with Gasteiger partial charge in [-0.25, -0.2) is 4.79 Å². The Hall–Kier alpha value is -1.84.